The van der Waals surface area contributed by atoms with Crippen LogP contribution in [0.15, 0.2) is 11.2 Å². The zero-order valence-electron chi connectivity index (χ0n) is 6.20. The van der Waals surface area contributed by atoms with Crippen LogP contribution >= 0.6 is 0 Å². The average Bonchev–Trinajstić information content (AvgIpc) is 2.37. The van der Waals surface area contributed by atoms with Crippen LogP contribution in [0.2, 0.25) is 0 Å². The van der Waals surface area contributed by atoms with E-state index in [1.54, 1.807) is 0 Å². The van der Waals surface area contributed by atoms with Crippen LogP contribution in [-0.2, 0) is 23.2 Å². The first kappa shape index (κ1) is 7.72. The molecule has 12 heavy (non-hydrogen) atoms. The second kappa shape index (κ2) is 2.29. The van der Waals surface area contributed by atoms with Crippen LogP contribution < -0.4 is 0 Å². The molecule has 0 saturated carbocycles. The molecule has 1 aliphatic heterocycles. The predicted octanol–water partition coefficient (Wildman–Crippen LogP) is 0.488. The Bertz CT molecular complexity index is 409. The summed E-state index contributed by atoms with van der Waals surface area (Å²) in [5, 5.41) is -0.310. The first-order chi connectivity index (χ1) is 5.59. The Kier molecular flexibility index (Phi) is 1.47. The summed E-state index contributed by atoms with van der Waals surface area (Å²) in [6.07, 6.45) is 2.64. The average molecular weight is 190 g/mol. The van der Waals surface area contributed by atoms with Crippen molar-refractivity contribution in [1.82, 2.24) is 9.55 Å². The third kappa shape index (κ3) is 1.03. The van der Waals surface area contributed by atoms with Crippen molar-refractivity contribution in [2.75, 3.05) is 0 Å². The summed E-state index contributed by atoms with van der Waals surface area (Å²) in [5.74, 6) is 0.659. The van der Waals surface area contributed by atoms with Crippen molar-refractivity contribution in [3.8, 4) is 0 Å². The lowest BCUT2D eigenvalue weighted by molar-refractivity contribution is 0.535. The summed E-state index contributed by atoms with van der Waals surface area (Å²) in [6, 6.07) is 0. The molecule has 0 N–H and O–H groups in total. The van der Waals surface area contributed by atoms with Gasteiger partial charge >= 0.3 is 10.2 Å². The third-order valence-electron chi connectivity index (χ3n) is 1.93. The van der Waals surface area contributed by atoms with Crippen molar-refractivity contribution in [2.24, 2.45) is 0 Å². The van der Waals surface area contributed by atoms with E-state index in [0.29, 0.717) is 12.4 Å². The van der Waals surface area contributed by atoms with E-state index in [0.717, 1.165) is 19.0 Å². The first-order valence-electron chi connectivity index (χ1n) is 3.58. The number of imidazole rings is 1. The van der Waals surface area contributed by atoms with Gasteiger partial charge in [-0.3, -0.25) is 0 Å². The number of aromatic nitrogens is 2. The van der Waals surface area contributed by atoms with Crippen LogP contribution in [0, 0.1) is 0 Å². The van der Waals surface area contributed by atoms with Crippen molar-refractivity contribution in [2.45, 2.75) is 24.4 Å². The summed E-state index contributed by atoms with van der Waals surface area (Å²) in [4.78, 5) is 3.81. The molecule has 1 aliphatic rings. The minimum absolute atomic E-state index is 0.310. The van der Waals surface area contributed by atoms with Gasteiger partial charge in [0.25, 0.3) is 0 Å². The second-order valence-corrected chi connectivity index (χ2v) is 4.00. The molecule has 6 heteroatoms. The van der Waals surface area contributed by atoms with E-state index in [9.17, 15) is 12.3 Å². The van der Waals surface area contributed by atoms with E-state index in [4.69, 9.17) is 0 Å². The molecule has 0 aliphatic carbocycles. The molecular formula is C6H7FN2O2S. The van der Waals surface area contributed by atoms with Crippen molar-refractivity contribution in [3.63, 3.8) is 0 Å². The highest BCUT2D eigenvalue weighted by atomic mass is 32.3. The number of fused-ring (bicyclic) bond motifs is 1. The summed E-state index contributed by atoms with van der Waals surface area (Å²) >= 11 is 0. The molecule has 2 heterocycles. The fourth-order valence-electron chi connectivity index (χ4n) is 1.42. The fourth-order valence-corrected chi connectivity index (χ4v) is 2.06. The lowest BCUT2D eigenvalue weighted by Gasteiger charge is -1.97. The molecule has 1 aromatic rings. The van der Waals surface area contributed by atoms with E-state index < -0.39 is 10.2 Å². The molecule has 0 bridgehead atoms. The number of hydrogen-bond acceptors (Lipinski definition) is 3. The number of aryl methyl sites for hydroxylation is 1. The highest BCUT2D eigenvalue weighted by Crippen LogP contribution is 2.20. The number of halogens is 1. The third-order valence-corrected chi connectivity index (χ3v) is 2.76. The van der Waals surface area contributed by atoms with Crippen LogP contribution in [0.3, 0.4) is 0 Å². The Morgan fingerprint density at radius 3 is 3.00 bits per heavy atom. The molecule has 2 rings (SSSR count). The Balaban J connectivity index is 2.61. The van der Waals surface area contributed by atoms with Gasteiger partial charge in [0, 0.05) is 13.0 Å². The number of hydrogen-bond donors (Lipinski definition) is 0. The molecule has 0 amide bonds. The van der Waals surface area contributed by atoms with Crippen LogP contribution in [-0.4, -0.2) is 18.0 Å². The van der Waals surface area contributed by atoms with Crippen molar-refractivity contribution < 1.29 is 12.3 Å². The van der Waals surface area contributed by atoms with Gasteiger partial charge in [0.05, 0.1) is 6.20 Å². The molecule has 0 aromatic carbocycles. The number of nitrogens with zero attached hydrogens (tertiary/aromatic N) is 2. The van der Waals surface area contributed by atoms with Gasteiger partial charge in [-0.2, -0.15) is 8.42 Å². The molecule has 0 saturated heterocycles. The van der Waals surface area contributed by atoms with Crippen molar-refractivity contribution in [1.29, 1.82) is 0 Å². The first-order valence-corrected chi connectivity index (χ1v) is 4.96. The van der Waals surface area contributed by atoms with Gasteiger partial charge in [-0.15, -0.1) is 0 Å². The van der Waals surface area contributed by atoms with Crippen LogP contribution in [0.1, 0.15) is 12.2 Å². The smallest absolute Gasteiger partial charge is 0.317 e. The zero-order valence-corrected chi connectivity index (χ0v) is 7.01. The molecule has 0 spiro atoms. The van der Waals surface area contributed by atoms with Crippen LogP contribution in [0.25, 0.3) is 0 Å². The van der Waals surface area contributed by atoms with Gasteiger partial charge in [-0.05, 0) is 6.42 Å². The Hall–Kier alpha value is -0.910. The van der Waals surface area contributed by atoms with Crippen LogP contribution in [0.4, 0.5) is 3.89 Å². The Morgan fingerprint density at radius 1 is 1.58 bits per heavy atom. The molecule has 1 aromatic heterocycles. The highest BCUT2D eigenvalue weighted by molar-refractivity contribution is 7.86. The second-order valence-electron chi connectivity index (χ2n) is 2.71. The van der Waals surface area contributed by atoms with E-state index in [1.165, 1.54) is 4.57 Å². The van der Waals surface area contributed by atoms with Gasteiger partial charge in [-0.1, -0.05) is 3.89 Å². The molecule has 0 fully saturated rings. The standard InChI is InChI=1S/C6H7FN2O2S/c7-12(10,11)6-4-8-5-2-1-3-9(5)6/h4H,1-3H2. The molecule has 0 radical (unpaired) electrons. The van der Waals surface area contributed by atoms with E-state index in [-0.39, 0.29) is 5.03 Å². The maximum atomic E-state index is 12.5. The predicted molar refractivity (Wildman–Crippen MR) is 38.8 cm³/mol. The molecule has 4 nitrogen and oxygen atoms in total. The fraction of sp³-hybridized carbons (Fsp3) is 0.500. The van der Waals surface area contributed by atoms with Crippen LogP contribution in [0.5, 0.6) is 0 Å². The monoisotopic (exact) mass is 190 g/mol. The van der Waals surface area contributed by atoms with E-state index in [1.807, 2.05) is 0 Å². The van der Waals surface area contributed by atoms with Gasteiger partial charge in [0.1, 0.15) is 5.82 Å². The van der Waals surface area contributed by atoms with Crippen molar-refractivity contribution >= 4 is 10.2 Å². The Morgan fingerprint density at radius 2 is 2.33 bits per heavy atom. The minimum Gasteiger partial charge on any atom is -0.317 e. The minimum atomic E-state index is -4.58. The van der Waals surface area contributed by atoms with Gasteiger partial charge < -0.3 is 4.57 Å². The molecular weight excluding hydrogens is 183 g/mol. The quantitative estimate of drug-likeness (QED) is 0.605. The highest BCUT2D eigenvalue weighted by Gasteiger charge is 2.23. The molecule has 0 atom stereocenters. The summed E-state index contributed by atoms with van der Waals surface area (Å²) in [5.41, 5.74) is 0. The summed E-state index contributed by atoms with van der Waals surface area (Å²) < 4.78 is 35.0. The summed E-state index contributed by atoms with van der Waals surface area (Å²) in [7, 11) is -4.58. The lowest BCUT2D eigenvalue weighted by atomic mass is 10.4. The molecule has 66 valence electrons. The number of rotatable bonds is 1. The molecule has 0 unspecified atom stereocenters. The lowest BCUT2D eigenvalue weighted by Crippen LogP contribution is -2.02. The maximum absolute atomic E-state index is 12.5. The summed E-state index contributed by atoms with van der Waals surface area (Å²) in [6.45, 7) is 0.549. The van der Waals surface area contributed by atoms with Gasteiger partial charge in [0.15, 0.2) is 5.03 Å². The largest absolute Gasteiger partial charge is 0.349 e. The normalized spacial score (nSPS) is 16.4. The van der Waals surface area contributed by atoms with E-state index in [2.05, 4.69) is 4.98 Å². The topological polar surface area (TPSA) is 52.0 Å². The van der Waals surface area contributed by atoms with Gasteiger partial charge in [0.2, 0.25) is 0 Å². The SMILES string of the molecule is O=S(=O)(F)c1cnc2n1CCC2. The van der Waals surface area contributed by atoms with Crippen molar-refractivity contribution in [3.05, 3.63) is 12.0 Å². The van der Waals surface area contributed by atoms with E-state index >= 15 is 0 Å². The zero-order chi connectivity index (χ0) is 8.77. The Labute approximate surface area is 69.2 Å². The van der Waals surface area contributed by atoms with Gasteiger partial charge in [-0.25, -0.2) is 4.98 Å². The maximum Gasteiger partial charge on any atom is 0.349 e.